The van der Waals surface area contributed by atoms with Gasteiger partial charge in [0, 0.05) is 62.7 Å². The molecule has 0 unspecified atom stereocenters. The number of anilines is 3. The second kappa shape index (κ2) is 7.51. The van der Waals surface area contributed by atoms with E-state index < -0.39 is 0 Å². The molecule has 2 aliphatic rings. The Bertz CT molecular complexity index is 1060. The van der Waals surface area contributed by atoms with Gasteiger partial charge in [-0.3, -0.25) is 0 Å². The van der Waals surface area contributed by atoms with Crippen molar-refractivity contribution in [3.63, 3.8) is 0 Å². The minimum atomic E-state index is 0.388. The van der Waals surface area contributed by atoms with Gasteiger partial charge in [-0.25, -0.2) is 19.9 Å². The number of nitrogens with zero attached hydrogens (tertiary/aromatic N) is 8. The molecule has 0 saturated carbocycles. The molecule has 29 heavy (non-hydrogen) atoms. The first-order chi connectivity index (χ1) is 14.3. The molecular formula is C21H22N8. The maximum absolute atomic E-state index is 9.29. The van der Waals surface area contributed by atoms with Crippen LogP contribution in [0.3, 0.4) is 0 Å². The van der Waals surface area contributed by atoms with E-state index in [1.165, 1.54) is 18.5 Å². The molecule has 3 aromatic rings. The van der Waals surface area contributed by atoms with Gasteiger partial charge in [-0.15, -0.1) is 0 Å². The molecule has 0 bridgehead atoms. The van der Waals surface area contributed by atoms with E-state index in [1.54, 1.807) is 18.7 Å². The Morgan fingerprint density at radius 1 is 0.759 bits per heavy atom. The van der Waals surface area contributed by atoms with Crippen molar-refractivity contribution in [3.05, 3.63) is 42.6 Å². The molecule has 2 aromatic heterocycles. The number of hydrogen-bond acceptors (Lipinski definition) is 8. The van der Waals surface area contributed by atoms with Gasteiger partial charge in [0.15, 0.2) is 11.5 Å². The van der Waals surface area contributed by atoms with Crippen molar-refractivity contribution in [2.45, 2.75) is 12.8 Å². The van der Waals surface area contributed by atoms with Crippen LogP contribution >= 0.6 is 0 Å². The summed E-state index contributed by atoms with van der Waals surface area (Å²) in [6, 6.07) is 8.60. The van der Waals surface area contributed by atoms with Crippen LogP contribution in [0.4, 0.5) is 17.3 Å². The van der Waals surface area contributed by atoms with Crippen LogP contribution in [0, 0.1) is 11.3 Å². The first-order valence-electron chi connectivity index (χ1n) is 10.0. The molecule has 5 rings (SSSR count). The highest BCUT2D eigenvalue weighted by molar-refractivity contribution is 5.92. The molecule has 8 heteroatoms. The van der Waals surface area contributed by atoms with E-state index >= 15 is 0 Å². The predicted molar refractivity (Wildman–Crippen MR) is 112 cm³/mol. The highest BCUT2D eigenvalue weighted by Gasteiger charge is 2.22. The van der Waals surface area contributed by atoms with Crippen LogP contribution in [0.5, 0.6) is 0 Å². The lowest BCUT2D eigenvalue weighted by atomic mass is 10.1. The summed E-state index contributed by atoms with van der Waals surface area (Å²) >= 11 is 0. The van der Waals surface area contributed by atoms with Crippen molar-refractivity contribution < 1.29 is 0 Å². The van der Waals surface area contributed by atoms with Gasteiger partial charge in [0.2, 0.25) is 0 Å². The zero-order chi connectivity index (χ0) is 19.6. The number of rotatable bonds is 3. The van der Waals surface area contributed by atoms with Crippen molar-refractivity contribution in [2.24, 2.45) is 0 Å². The molecule has 0 atom stereocenters. The number of benzene rings is 1. The number of nitriles is 1. The standard InChI is InChI=1S/C21H22N8/c22-14-19-21(24-6-5-23-19)29-11-9-27(10-12-29)16-3-4-18-17(13-16)20(26-15-25-18)28-7-1-2-8-28/h3-6,13,15H,1-2,7-12H2. The molecule has 0 spiro atoms. The summed E-state index contributed by atoms with van der Waals surface area (Å²) in [5.41, 5.74) is 2.56. The van der Waals surface area contributed by atoms with Gasteiger partial charge in [0.05, 0.1) is 5.52 Å². The Kier molecular flexibility index (Phi) is 4.56. The highest BCUT2D eigenvalue weighted by atomic mass is 15.3. The zero-order valence-corrected chi connectivity index (χ0v) is 16.2. The predicted octanol–water partition coefficient (Wildman–Crippen LogP) is 2.22. The van der Waals surface area contributed by atoms with E-state index in [2.05, 4.69) is 58.9 Å². The van der Waals surface area contributed by atoms with Crippen LogP contribution in [0.25, 0.3) is 10.9 Å². The van der Waals surface area contributed by atoms with Gasteiger partial charge in [-0.1, -0.05) is 0 Å². The third-order valence-electron chi connectivity index (χ3n) is 5.73. The molecule has 8 nitrogen and oxygen atoms in total. The van der Waals surface area contributed by atoms with Crippen LogP contribution in [-0.2, 0) is 0 Å². The summed E-state index contributed by atoms with van der Waals surface area (Å²) in [6.07, 6.45) is 7.32. The van der Waals surface area contributed by atoms with E-state index in [0.717, 1.165) is 56.0 Å². The average Bonchev–Trinajstić information content (AvgIpc) is 3.33. The maximum atomic E-state index is 9.29. The van der Waals surface area contributed by atoms with Crippen molar-refractivity contribution in [3.8, 4) is 6.07 Å². The number of hydrogen-bond donors (Lipinski definition) is 0. The fourth-order valence-electron chi connectivity index (χ4n) is 4.23. The van der Waals surface area contributed by atoms with E-state index in [4.69, 9.17) is 0 Å². The quantitative estimate of drug-likeness (QED) is 0.677. The minimum Gasteiger partial charge on any atom is -0.368 e. The zero-order valence-electron chi connectivity index (χ0n) is 16.2. The normalized spacial score (nSPS) is 17.0. The molecule has 0 aliphatic carbocycles. The molecule has 1 aromatic carbocycles. The van der Waals surface area contributed by atoms with Crippen LogP contribution in [-0.4, -0.2) is 59.2 Å². The van der Waals surface area contributed by atoms with E-state index in [1.807, 2.05) is 0 Å². The topological polar surface area (TPSA) is 85.1 Å². The maximum Gasteiger partial charge on any atom is 0.183 e. The molecule has 0 N–H and O–H groups in total. The first-order valence-corrected chi connectivity index (χ1v) is 10.0. The fraction of sp³-hybridized carbons (Fsp3) is 0.381. The highest BCUT2D eigenvalue weighted by Crippen LogP contribution is 2.30. The number of aromatic nitrogens is 4. The molecule has 146 valence electrons. The SMILES string of the molecule is N#Cc1nccnc1N1CCN(c2ccc3ncnc(N4CCCC4)c3c2)CC1. The third-order valence-corrected chi connectivity index (χ3v) is 5.73. The van der Waals surface area contributed by atoms with Gasteiger partial charge in [0.1, 0.15) is 18.2 Å². The lowest BCUT2D eigenvalue weighted by Crippen LogP contribution is -2.47. The lowest BCUT2D eigenvalue weighted by molar-refractivity contribution is 0.645. The van der Waals surface area contributed by atoms with E-state index in [0.29, 0.717) is 11.5 Å². The second-order valence-electron chi connectivity index (χ2n) is 7.41. The molecule has 0 radical (unpaired) electrons. The Hall–Kier alpha value is -3.47. The summed E-state index contributed by atoms with van der Waals surface area (Å²) in [6.45, 7) is 5.45. The monoisotopic (exact) mass is 386 g/mol. The van der Waals surface area contributed by atoms with Gasteiger partial charge in [-0.05, 0) is 31.0 Å². The second-order valence-corrected chi connectivity index (χ2v) is 7.41. The van der Waals surface area contributed by atoms with Gasteiger partial charge < -0.3 is 14.7 Å². The van der Waals surface area contributed by atoms with Crippen LogP contribution in [0.2, 0.25) is 0 Å². The summed E-state index contributed by atoms with van der Waals surface area (Å²) < 4.78 is 0. The molecule has 0 amide bonds. The number of fused-ring (bicyclic) bond motifs is 1. The first kappa shape index (κ1) is 17.6. The van der Waals surface area contributed by atoms with Gasteiger partial charge in [-0.2, -0.15) is 5.26 Å². The molecule has 2 aliphatic heterocycles. The van der Waals surface area contributed by atoms with Crippen molar-refractivity contribution in [1.82, 2.24) is 19.9 Å². The summed E-state index contributed by atoms with van der Waals surface area (Å²) in [4.78, 5) is 24.4. The fourth-order valence-corrected chi connectivity index (χ4v) is 4.23. The molecule has 2 fully saturated rings. The van der Waals surface area contributed by atoms with Crippen LogP contribution in [0.15, 0.2) is 36.9 Å². The summed E-state index contributed by atoms with van der Waals surface area (Å²) in [7, 11) is 0. The van der Waals surface area contributed by atoms with E-state index in [9.17, 15) is 5.26 Å². The van der Waals surface area contributed by atoms with Gasteiger partial charge >= 0.3 is 0 Å². The molecule has 4 heterocycles. The van der Waals surface area contributed by atoms with Crippen molar-refractivity contribution in [2.75, 3.05) is 54.0 Å². The Morgan fingerprint density at radius 3 is 2.28 bits per heavy atom. The lowest BCUT2D eigenvalue weighted by Gasteiger charge is -2.36. The van der Waals surface area contributed by atoms with Crippen molar-refractivity contribution >= 4 is 28.2 Å². The third kappa shape index (κ3) is 3.29. The largest absolute Gasteiger partial charge is 0.368 e. The summed E-state index contributed by atoms with van der Waals surface area (Å²) in [5, 5.41) is 10.4. The average molecular weight is 386 g/mol. The smallest absolute Gasteiger partial charge is 0.183 e. The minimum absolute atomic E-state index is 0.388. The summed E-state index contributed by atoms with van der Waals surface area (Å²) in [5.74, 6) is 1.73. The molecular weight excluding hydrogens is 364 g/mol. The van der Waals surface area contributed by atoms with Crippen LogP contribution in [0.1, 0.15) is 18.5 Å². The molecule has 2 saturated heterocycles. The van der Waals surface area contributed by atoms with Crippen LogP contribution < -0.4 is 14.7 Å². The Morgan fingerprint density at radius 2 is 1.48 bits per heavy atom. The van der Waals surface area contributed by atoms with Crippen molar-refractivity contribution in [1.29, 1.82) is 5.26 Å². The Balaban J connectivity index is 1.38. The Labute approximate surface area is 169 Å². The van der Waals surface area contributed by atoms with E-state index in [-0.39, 0.29) is 0 Å². The number of piperazine rings is 1. The van der Waals surface area contributed by atoms with Gasteiger partial charge in [0.25, 0.3) is 0 Å².